The minimum atomic E-state index is -0.478. The zero-order valence-corrected chi connectivity index (χ0v) is 8.26. The molecule has 0 saturated heterocycles. The number of aliphatic hydroxyl groups is 1. The lowest BCUT2D eigenvalue weighted by atomic mass is 10.1. The maximum atomic E-state index is 9.53. The van der Waals surface area contributed by atoms with Crippen molar-refractivity contribution in [1.29, 1.82) is 0 Å². The van der Waals surface area contributed by atoms with Gasteiger partial charge in [0.15, 0.2) is 0 Å². The largest absolute Gasteiger partial charge is 0.490 e. The molecule has 1 aromatic carbocycles. The van der Waals surface area contributed by atoms with Gasteiger partial charge in [0, 0.05) is 10.0 Å². The fourth-order valence-electron chi connectivity index (χ4n) is 1.43. The topological polar surface area (TPSA) is 29.5 Å². The van der Waals surface area contributed by atoms with Crippen LogP contribution in [0.25, 0.3) is 0 Å². The predicted octanol–water partition coefficient (Wildman–Crippen LogP) is 2.18. The molecule has 64 valence electrons. The normalized spacial score (nSPS) is 20.4. The van der Waals surface area contributed by atoms with Crippen LogP contribution in [-0.2, 0) is 0 Å². The Morgan fingerprint density at radius 2 is 2.33 bits per heavy atom. The van der Waals surface area contributed by atoms with Gasteiger partial charge in [-0.2, -0.15) is 0 Å². The van der Waals surface area contributed by atoms with Crippen molar-refractivity contribution < 1.29 is 9.84 Å². The molecule has 0 spiro atoms. The number of hydrogen-bond acceptors (Lipinski definition) is 2. The highest BCUT2D eigenvalue weighted by Gasteiger charge is 2.25. The number of fused-ring (bicyclic) bond motifs is 1. The van der Waals surface area contributed by atoms with Gasteiger partial charge >= 0.3 is 0 Å². The minimum absolute atomic E-state index is 0.374. The smallest absolute Gasteiger partial charge is 0.129 e. The lowest BCUT2D eigenvalue weighted by Crippen LogP contribution is -1.97. The number of aryl methyl sites for hydroxylation is 1. The molecule has 3 heteroatoms. The molecule has 0 aromatic heterocycles. The summed E-state index contributed by atoms with van der Waals surface area (Å²) in [5.41, 5.74) is 1.96. The van der Waals surface area contributed by atoms with E-state index in [9.17, 15) is 5.11 Å². The van der Waals surface area contributed by atoms with Crippen molar-refractivity contribution in [2.45, 2.75) is 13.0 Å². The monoisotopic (exact) mass is 228 g/mol. The Balaban J connectivity index is 2.64. The Morgan fingerprint density at radius 1 is 1.58 bits per heavy atom. The van der Waals surface area contributed by atoms with Crippen molar-refractivity contribution in [3.05, 3.63) is 27.7 Å². The summed E-state index contributed by atoms with van der Waals surface area (Å²) < 4.78 is 6.27. The van der Waals surface area contributed by atoms with Crippen LogP contribution in [0, 0.1) is 6.92 Å². The molecule has 1 N–H and O–H groups in total. The number of benzene rings is 1. The van der Waals surface area contributed by atoms with Gasteiger partial charge in [-0.1, -0.05) is 22.0 Å². The van der Waals surface area contributed by atoms with Crippen molar-refractivity contribution in [3.63, 3.8) is 0 Å². The first-order valence-corrected chi connectivity index (χ1v) is 4.59. The number of aliphatic hydroxyl groups excluding tert-OH is 1. The zero-order valence-electron chi connectivity index (χ0n) is 6.67. The predicted molar refractivity (Wildman–Crippen MR) is 49.3 cm³/mol. The van der Waals surface area contributed by atoms with E-state index in [-0.39, 0.29) is 0 Å². The van der Waals surface area contributed by atoms with Crippen LogP contribution in [0.3, 0.4) is 0 Å². The number of rotatable bonds is 0. The van der Waals surface area contributed by atoms with Gasteiger partial charge in [0.05, 0.1) is 0 Å². The van der Waals surface area contributed by atoms with Crippen molar-refractivity contribution in [3.8, 4) is 5.75 Å². The van der Waals surface area contributed by atoms with Gasteiger partial charge in [-0.3, -0.25) is 0 Å². The van der Waals surface area contributed by atoms with Gasteiger partial charge in [0.1, 0.15) is 18.5 Å². The molecular weight excluding hydrogens is 220 g/mol. The van der Waals surface area contributed by atoms with Crippen molar-refractivity contribution in [1.82, 2.24) is 0 Å². The van der Waals surface area contributed by atoms with E-state index < -0.39 is 6.10 Å². The van der Waals surface area contributed by atoms with Gasteiger partial charge in [-0.05, 0) is 18.6 Å². The van der Waals surface area contributed by atoms with Gasteiger partial charge < -0.3 is 9.84 Å². The molecule has 0 fully saturated rings. The first kappa shape index (κ1) is 8.08. The average molecular weight is 229 g/mol. The molecular formula is C9H9BrO2. The number of hydrogen-bond donors (Lipinski definition) is 1. The Morgan fingerprint density at radius 3 is 3.00 bits per heavy atom. The highest BCUT2D eigenvalue weighted by atomic mass is 79.9. The molecule has 1 heterocycles. The van der Waals surface area contributed by atoms with E-state index in [2.05, 4.69) is 15.9 Å². The third-order valence-corrected chi connectivity index (χ3v) is 2.75. The standard InChI is InChI=1S/C9H9BrO2/c1-5-2-3-6(10)8-7(11)4-12-9(5)8/h2-3,7,11H,4H2,1H3. The average Bonchev–Trinajstić information content (AvgIpc) is 2.42. The van der Waals surface area contributed by atoms with E-state index in [1.165, 1.54) is 0 Å². The van der Waals surface area contributed by atoms with Gasteiger partial charge in [-0.25, -0.2) is 0 Å². The summed E-state index contributed by atoms with van der Waals surface area (Å²) in [5, 5.41) is 9.53. The maximum Gasteiger partial charge on any atom is 0.129 e. The first-order valence-electron chi connectivity index (χ1n) is 3.80. The van der Waals surface area contributed by atoms with Crippen LogP contribution < -0.4 is 4.74 Å². The summed E-state index contributed by atoms with van der Waals surface area (Å²) in [6.45, 7) is 2.35. The molecule has 2 nitrogen and oxygen atoms in total. The van der Waals surface area contributed by atoms with Crippen LogP contribution in [0.2, 0.25) is 0 Å². The number of ether oxygens (including phenoxy) is 1. The maximum absolute atomic E-state index is 9.53. The number of halogens is 1. The van der Waals surface area contributed by atoms with E-state index in [1.807, 2.05) is 19.1 Å². The minimum Gasteiger partial charge on any atom is -0.490 e. The van der Waals surface area contributed by atoms with E-state index in [4.69, 9.17) is 4.74 Å². The molecule has 0 bridgehead atoms. The van der Waals surface area contributed by atoms with Crippen LogP contribution in [0.15, 0.2) is 16.6 Å². The van der Waals surface area contributed by atoms with Crippen LogP contribution in [0.4, 0.5) is 0 Å². The van der Waals surface area contributed by atoms with Crippen molar-refractivity contribution in [2.24, 2.45) is 0 Å². The Kier molecular flexibility index (Phi) is 1.85. The van der Waals surface area contributed by atoms with E-state index in [0.29, 0.717) is 6.61 Å². The molecule has 0 saturated carbocycles. The summed E-state index contributed by atoms with van der Waals surface area (Å²) >= 11 is 3.38. The van der Waals surface area contributed by atoms with Gasteiger partial charge in [0.25, 0.3) is 0 Å². The molecule has 12 heavy (non-hydrogen) atoms. The second kappa shape index (κ2) is 2.75. The molecule has 1 atom stereocenters. The van der Waals surface area contributed by atoms with Crippen LogP contribution in [0.5, 0.6) is 5.75 Å². The molecule has 0 amide bonds. The quantitative estimate of drug-likeness (QED) is 0.738. The third-order valence-electron chi connectivity index (χ3n) is 2.06. The highest BCUT2D eigenvalue weighted by molar-refractivity contribution is 9.10. The first-order chi connectivity index (χ1) is 5.70. The fourth-order valence-corrected chi connectivity index (χ4v) is 2.01. The van der Waals surface area contributed by atoms with Crippen LogP contribution in [-0.4, -0.2) is 11.7 Å². The van der Waals surface area contributed by atoms with Crippen molar-refractivity contribution in [2.75, 3.05) is 6.61 Å². The van der Waals surface area contributed by atoms with Crippen LogP contribution >= 0.6 is 15.9 Å². The Bertz CT molecular complexity index is 323. The second-order valence-corrected chi connectivity index (χ2v) is 3.79. The molecule has 1 aromatic rings. The second-order valence-electron chi connectivity index (χ2n) is 2.93. The molecule has 1 aliphatic rings. The summed E-state index contributed by atoms with van der Waals surface area (Å²) in [4.78, 5) is 0. The zero-order chi connectivity index (χ0) is 8.72. The molecule has 0 aliphatic carbocycles. The molecule has 0 radical (unpaired) electrons. The Hall–Kier alpha value is -0.540. The lowest BCUT2D eigenvalue weighted by Gasteiger charge is -2.05. The van der Waals surface area contributed by atoms with Gasteiger partial charge in [0.2, 0.25) is 0 Å². The summed E-state index contributed by atoms with van der Waals surface area (Å²) in [6, 6.07) is 3.91. The Labute approximate surface area is 79.3 Å². The molecule has 2 rings (SSSR count). The molecule has 1 aliphatic heterocycles. The van der Waals surface area contributed by atoms with Crippen LogP contribution in [0.1, 0.15) is 17.2 Å². The van der Waals surface area contributed by atoms with E-state index >= 15 is 0 Å². The lowest BCUT2D eigenvalue weighted by molar-refractivity contribution is 0.140. The van der Waals surface area contributed by atoms with E-state index in [1.54, 1.807) is 0 Å². The fraction of sp³-hybridized carbons (Fsp3) is 0.333. The molecule has 1 unspecified atom stereocenters. The third kappa shape index (κ3) is 1.04. The summed E-state index contributed by atoms with van der Waals surface area (Å²) in [6.07, 6.45) is -0.478. The highest BCUT2D eigenvalue weighted by Crippen LogP contribution is 2.39. The SMILES string of the molecule is Cc1ccc(Br)c2c1OCC2O. The summed E-state index contributed by atoms with van der Waals surface area (Å²) in [5.74, 6) is 0.830. The van der Waals surface area contributed by atoms with Crippen molar-refractivity contribution >= 4 is 15.9 Å². The summed E-state index contributed by atoms with van der Waals surface area (Å²) in [7, 11) is 0. The van der Waals surface area contributed by atoms with Gasteiger partial charge in [-0.15, -0.1) is 0 Å². The van der Waals surface area contributed by atoms with E-state index in [0.717, 1.165) is 21.3 Å².